The summed E-state index contributed by atoms with van der Waals surface area (Å²) in [5.41, 5.74) is 0. The zero-order valence-electron chi connectivity index (χ0n) is 11.4. The minimum atomic E-state index is 0.416. The van der Waals surface area contributed by atoms with Gasteiger partial charge in [0.1, 0.15) is 5.78 Å². The van der Waals surface area contributed by atoms with Crippen molar-refractivity contribution in [3.63, 3.8) is 0 Å². The van der Waals surface area contributed by atoms with Crippen LogP contribution in [0.15, 0.2) is 0 Å². The number of carbonyl (C=O) groups is 1. The molecule has 3 nitrogen and oxygen atoms in total. The summed E-state index contributed by atoms with van der Waals surface area (Å²) in [7, 11) is 4.44. The van der Waals surface area contributed by atoms with Crippen molar-refractivity contribution < 1.29 is 14.6 Å². The van der Waals surface area contributed by atoms with E-state index >= 15 is 0 Å². The largest absolute Gasteiger partial charge is 0.340 e. The number of carbonyl (C=O) groups excluding carboxylic acids is 1. The highest BCUT2D eigenvalue weighted by Crippen LogP contribution is 2.26. The van der Waals surface area contributed by atoms with Gasteiger partial charge in [-0.05, 0) is 12.8 Å². The topological polar surface area (TPSA) is 26.0 Å². The van der Waals surface area contributed by atoms with E-state index in [1.165, 1.54) is 50.1 Å². The summed E-state index contributed by atoms with van der Waals surface area (Å²) in [5.74, 6) is 0.982. The maximum atomic E-state index is 11.9. The number of rotatable bonds is 4. The van der Waals surface area contributed by atoms with E-state index in [1.54, 1.807) is 4.90 Å². The average Bonchev–Trinajstić information content (AvgIpc) is 2.32. The van der Waals surface area contributed by atoms with Crippen LogP contribution in [0, 0.1) is 5.92 Å². The second kappa shape index (κ2) is 5.96. The van der Waals surface area contributed by atoms with Gasteiger partial charge in [-0.2, -0.15) is 0 Å². The van der Waals surface area contributed by atoms with Crippen molar-refractivity contribution in [2.75, 3.05) is 33.7 Å². The second-order valence-corrected chi connectivity index (χ2v) is 6.18. The number of quaternary nitrogens is 2. The van der Waals surface area contributed by atoms with Crippen molar-refractivity contribution in [2.24, 2.45) is 5.92 Å². The molecule has 0 bridgehead atoms. The van der Waals surface area contributed by atoms with Gasteiger partial charge in [-0.25, -0.2) is 0 Å². The van der Waals surface area contributed by atoms with E-state index in [1.807, 2.05) is 0 Å². The summed E-state index contributed by atoms with van der Waals surface area (Å²) in [4.78, 5) is 15.2. The van der Waals surface area contributed by atoms with Crippen molar-refractivity contribution in [1.29, 1.82) is 0 Å². The van der Waals surface area contributed by atoms with E-state index in [9.17, 15) is 4.79 Å². The standard InChI is InChI=1S/C14H26N2O/c1-15(2)9-5-10-16-11-8-14(17)12-6-3-4-7-13(12)16/h12-13H,3-11H2,1-2H3/p+2/t12-,13-/m0/s1. The maximum Gasteiger partial charge on any atom is 0.147 e. The molecule has 3 atom stereocenters. The Balaban J connectivity index is 1.86. The molecule has 98 valence electrons. The number of ketones is 1. The molecule has 1 saturated carbocycles. The number of piperidine rings is 1. The normalized spacial score (nSPS) is 33.8. The number of Topliss-reactive ketones (excluding diaryl/α,β-unsaturated/α-hetero) is 1. The summed E-state index contributed by atoms with van der Waals surface area (Å²) >= 11 is 0. The molecule has 1 aliphatic heterocycles. The predicted molar refractivity (Wildman–Crippen MR) is 68.4 cm³/mol. The van der Waals surface area contributed by atoms with E-state index in [-0.39, 0.29) is 0 Å². The van der Waals surface area contributed by atoms with Crippen LogP contribution in [0.2, 0.25) is 0 Å². The van der Waals surface area contributed by atoms with Gasteiger partial charge < -0.3 is 9.80 Å². The lowest BCUT2D eigenvalue weighted by Gasteiger charge is -2.40. The van der Waals surface area contributed by atoms with Crippen LogP contribution in [0.4, 0.5) is 0 Å². The predicted octanol–water partition coefficient (Wildman–Crippen LogP) is -1.06. The monoisotopic (exact) mass is 240 g/mol. The number of hydrogen-bond donors (Lipinski definition) is 2. The fourth-order valence-electron chi connectivity index (χ4n) is 3.64. The van der Waals surface area contributed by atoms with Gasteiger partial charge in [-0.3, -0.25) is 4.79 Å². The first-order valence-corrected chi connectivity index (χ1v) is 7.35. The molecule has 0 aromatic heterocycles. The molecule has 2 aliphatic rings. The maximum absolute atomic E-state index is 11.9. The molecule has 1 aliphatic carbocycles. The summed E-state index contributed by atoms with van der Waals surface area (Å²) in [6.45, 7) is 3.64. The fraction of sp³-hybridized carbons (Fsp3) is 0.929. The fourth-order valence-corrected chi connectivity index (χ4v) is 3.64. The Labute approximate surface area is 105 Å². The molecule has 0 aromatic rings. The summed E-state index contributed by atoms with van der Waals surface area (Å²) in [6, 6.07) is 0.669. The quantitative estimate of drug-likeness (QED) is 0.643. The molecule has 1 unspecified atom stereocenters. The van der Waals surface area contributed by atoms with Crippen molar-refractivity contribution in [1.82, 2.24) is 0 Å². The van der Waals surface area contributed by atoms with Gasteiger partial charge in [-0.15, -0.1) is 0 Å². The SMILES string of the molecule is C[NH+](C)CCC[NH+]1CCC(=O)[C@H]2CCCC[C@@H]21. The van der Waals surface area contributed by atoms with Crippen LogP contribution < -0.4 is 9.80 Å². The minimum absolute atomic E-state index is 0.416. The van der Waals surface area contributed by atoms with Crippen molar-refractivity contribution in [2.45, 2.75) is 44.6 Å². The summed E-state index contributed by atoms with van der Waals surface area (Å²) in [6.07, 6.45) is 7.23. The van der Waals surface area contributed by atoms with Crippen LogP contribution in [0.3, 0.4) is 0 Å². The highest BCUT2D eigenvalue weighted by atomic mass is 16.1. The Morgan fingerprint density at radius 2 is 2.06 bits per heavy atom. The molecule has 2 N–H and O–H groups in total. The van der Waals surface area contributed by atoms with Gasteiger partial charge in [0.2, 0.25) is 0 Å². The van der Waals surface area contributed by atoms with Crippen molar-refractivity contribution >= 4 is 5.78 Å². The Bertz CT molecular complexity index is 265. The molecule has 2 fully saturated rings. The van der Waals surface area contributed by atoms with Crippen LogP contribution in [-0.4, -0.2) is 45.6 Å². The first-order valence-electron chi connectivity index (χ1n) is 7.35. The van der Waals surface area contributed by atoms with Gasteiger partial charge in [0.05, 0.1) is 52.1 Å². The molecule has 2 rings (SSSR count). The molecular formula is C14H28N2O+2. The third kappa shape index (κ3) is 3.29. The first-order chi connectivity index (χ1) is 8.18. The number of nitrogens with one attached hydrogen (secondary N) is 2. The Kier molecular flexibility index (Phi) is 4.57. The van der Waals surface area contributed by atoms with E-state index in [4.69, 9.17) is 0 Å². The van der Waals surface area contributed by atoms with E-state index < -0.39 is 0 Å². The van der Waals surface area contributed by atoms with Gasteiger partial charge >= 0.3 is 0 Å². The summed E-state index contributed by atoms with van der Waals surface area (Å²) < 4.78 is 0. The molecular weight excluding hydrogens is 212 g/mol. The average molecular weight is 240 g/mol. The molecule has 3 heteroatoms. The first kappa shape index (κ1) is 13.0. The smallest absolute Gasteiger partial charge is 0.147 e. The van der Waals surface area contributed by atoms with Gasteiger partial charge in [0.25, 0.3) is 0 Å². The Morgan fingerprint density at radius 1 is 1.29 bits per heavy atom. The molecule has 0 amide bonds. The van der Waals surface area contributed by atoms with Crippen molar-refractivity contribution in [3.05, 3.63) is 0 Å². The second-order valence-electron chi connectivity index (χ2n) is 6.18. The van der Waals surface area contributed by atoms with Gasteiger partial charge in [-0.1, -0.05) is 6.42 Å². The Hall–Kier alpha value is -0.410. The lowest BCUT2D eigenvalue weighted by molar-refractivity contribution is -0.936. The third-order valence-corrected chi connectivity index (χ3v) is 4.57. The molecule has 1 saturated heterocycles. The van der Waals surface area contributed by atoms with Crippen LogP contribution >= 0.6 is 0 Å². The zero-order chi connectivity index (χ0) is 12.3. The van der Waals surface area contributed by atoms with Crippen LogP contribution in [0.5, 0.6) is 0 Å². The zero-order valence-corrected chi connectivity index (χ0v) is 11.4. The lowest BCUT2D eigenvalue weighted by Crippen LogP contribution is -3.18. The van der Waals surface area contributed by atoms with Crippen molar-refractivity contribution in [3.8, 4) is 0 Å². The molecule has 17 heavy (non-hydrogen) atoms. The number of fused-ring (bicyclic) bond motifs is 1. The van der Waals surface area contributed by atoms with E-state index in [0.717, 1.165) is 13.0 Å². The molecule has 0 spiro atoms. The highest BCUT2D eigenvalue weighted by Gasteiger charge is 2.41. The molecule has 1 heterocycles. The summed E-state index contributed by atoms with van der Waals surface area (Å²) in [5, 5.41) is 0. The van der Waals surface area contributed by atoms with Crippen LogP contribution in [-0.2, 0) is 4.79 Å². The molecule has 0 aromatic carbocycles. The lowest BCUT2D eigenvalue weighted by atomic mass is 9.77. The third-order valence-electron chi connectivity index (χ3n) is 4.57. The van der Waals surface area contributed by atoms with Gasteiger partial charge in [0, 0.05) is 12.8 Å². The van der Waals surface area contributed by atoms with Crippen LogP contribution in [0.25, 0.3) is 0 Å². The number of likely N-dealkylation sites (tertiary alicyclic amines) is 1. The number of hydrogen-bond acceptors (Lipinski definition) is 1. The van der Waals surface area contributed by atoms with E-state index in [2.05, 4.69) is 14.1 Å². The highest BCUT2D eigenvalue weighted by molar-refractivity contribution is 5.82. The molecule has 0 radical (unpaired) electrons. The Morgan fingerprint density at radius 3 is 2.82 bits per heavy atom. The van der Waals surface area contributed by atoms with E-state index in [0.29, 0.717) is 17.7 Å². The van der Waals surface area contributed by atoms with Crippen LogP contribution in [0.1, 0.15) is 38.5 Å². The van der Waals surface area contributed by atoms with Gasteiger partial charge in [0.15, 0.2) is 0 Å². The minimum Gasteiger partial charge on any atom is -0.340 e.